The molecule has 0 aliphatic carbocycles. The number of benzene rings is 1. The van der Waals surface area contributed by atoms with Crippen molar-refractivity contribution in [3.8, 4) is 0 Å². The van der Waals surface area contributed by atoms with Gasteiger partial charge in [0.2, 0.25) is 0 Å². The number of piperidine rings is 1. The molecule has 0 saturated carbocycles. The van der Waals surface area contributed by atoms with Gasteiger partial charge in [-0.25, -0.2) is 13.2 Å². The largest absolute Gasteiger partial charge is 0.465 e. The Labute approximate surface area is 153 Å². The third kappa shape index (κ3) is 3.94. The van der Waals surface area contributed by atoms with E-state index >= 15 is 0 Å². The molecule has 0 spiro atoms. The van der Waals surface area contributed by atoms with Gasteiger partial charge < -0.3 is 4.74 Å². The summed E-state index contributed by atoms with van der Waals surface area (Å²) in [4.78, 5) is 18.3. The fraction of sp³-hybridized carbons (Fsp3) is 0.368. The zero-order valence-electron chi connectivity index (χ0n) is 14.7. The molecule has 1 aromatic carbocycles. The highest BCUT2D eigenvalue weighted by atomic mass is 32.2. The quantitative estimate of drug-likeness (QED) is 0.748. The zero-order valence-corrected chi connectivity index (χ0v) is 15.5. The molecule has 0 N–H and O–H groups in total. The SMILES string of the molecule is COC(=O)c1ccccc1S(=O)(=O)C1CCN(Cc2cccnc2)CC1. The normalized spacial score (nSPS) is 16.3. The molecule has 0 amide bonds. The Morgan fingerprint density at radius 2 is 1.92 bits per heavy atom. The zero-order chi connectivity index (χ0) is 18.6. The minimum Gasteiger partial charge on any atom is -0.465 e. The highest BCUT2D eigenvalue weighted by Crippen LogP contribution is 2.27. The standard InChI is InChI=1S/C19H22N2O4S/c1-25-19(22)17-6-2-3-7-18(17)26(23,24)16-8-11-21(12-9-16)14-15-5-4-10-20-13-15/h2-7,10,13,16H,8-9,11-12,14H2,1H3. The number of pyridine rings is 1. The number of aromatic nitrogens is 1. The first-order valence-electron chi connectivity index (χ1n) is 8.55. The second kappa shape index (κ2) is 7.97. The molecule has 1 saturated heterocycles. The van der Waals surface area contributed by atoms with Gasteiger partial charge in [0.05, 0.1) is 22.8 Å². The van der Waals surface area contributed by atoms with E-state index < -0.39 is 21.1 Å². The third-order valence-corrected chi connectivity index (χ3v) is 7.02. The van der Waals surface area contributed by atoms with Crippen molar-refractivity contribution in [3.05, 3.63) is 59.9 Å². The van der Waals surface area contributed by atoms with E-state index in [0.717, 1.165) is 12.1 Å². The second-order valence-electron chi connectivity index (χ2n) is 6.37. The van der Waals surface area contributed by atoms with Gasteiger partial charge in [-0.2, -0.15) is 0 Å². The summed E-state index contributed by atoms with van der Waals surface area (Å²) >= 11 is 0. The van der Waals surface area contributed by atoms with E-state index in [-0.39, 0.29) is 10.5 Å². The van der Waals surface area contributed by atoms with Crippen molar-refractivity contribution in [2.75, 3.05) is 20.2 Å². The number of likely N-dealkylation sites (tertiary alicyclic amines) is 1. The number of hydrogen-bond donors (Lipinski definition) is 0. The summed E-state index contributed by atoms with van der Waals surface area (Å²) in [5, 5.41) is -0.488. The van der Waals surface area contributed by atoms with Crippen LogP contribution in [0.3, 0.4) is 0 Å². The molecule has 7 heteroatoms. The summed E-state index contributed by atoms with van der Waals surface area (Å²) in [5.74, 6) is -0.627. The lowest BCUT2D eigenvalue weighted by Gasteiger charge is -2.31. The molecule has 1 aliphatic heterocycles. The maximum Gasteiger partial charge on any atom is 0.339 e. The summed E-state index contributed by atoms with van der Waals surface area (Å²) in [6, 6.07) is 10.2. The van der Waals surface area contributed by atoms with Gasteiger partial charge in [0.25, 0.3) is 0 Å². The Kier molecular flexibility index (Phi) is 5.68. The van der Waals surface area contributed by atoms with E-state index in [4.69, 9.17) is 4.74 Å². The van der Waals surface area contributed by atoms with Crippen LogP contribution < -0.4 is 0 Å². The number of hydrogen-bond acceptors (Lipinski definition) is 6. The molecule has 0 radical (unpaired) electrons. The van der Waals surface area contributed by atoms with Crippen molar-refractivity contribution in [2.45, 2.75) is 29.5 Å². The van der Waals surface area contributed by atoms with Crippen LogP contribution in [0.1, 0.15) is 28.8 Å². The van der Waals surface area contributed by atoms with Crippen LogP contribution in [0, 0.1) is 0 Å². The number of carbonyl (C=O) groups excluding carboxylic acids is 1. The molecule has 26 heavy (non-hydrogen) atoms. The van der Waals surface area contributed by atoms with E-state index in [2.05, 4.69) is 9.88 Å². The lowest BCUT2D eigenvalue weighted by Crippen LogP contribution is -2.39. The van der Waals surface area contributed by atoms with Crippen LogP contribution >= 0.6 is 0 Å². The van der Waals surface area contributed by atoms with Crippen LogP contribution in [0.2, 0.25) is 0 Å². The maximum absolute atomic E-state index is 13.1. The summed E-state index contributed by atoms with van der Waals surface area (Å²) in [6.07, 6.45) is 4.65. The summed E-state index contributed by atoms with van der Waals surface area (Å²) in [7, 11) is -2.33. The summed E-state index contributed by atoms with van der Waals surface area (Å²) in [6.45, 7) is 2.15. The molecule has 2 heterocycles. The molecule has 1 fully saturated rings. The van der Waals surface area contributed by atoms with Crippen LogP contribution in [0.15, 0.2) is 53.7 Å². The van der Waals surface area contributed by atoms with E-state index in [1.54, 1.807) is 18.3 Å². The van der Waals surface area contributed by atoms with Crippen molar-refractivity contribution in [1.29, 1.82) is 0 Å². The Morgan fingerprint density at radius 3 is 2.58 bits per heavy atom. The predicted molar refractivity (Wildman–Crippen MR) is 97.5 cm³/mol. The second-order valence-corrected chi connectivity index (χ2v) is 8.57. The van der Waals surface area contributed by atoms with Gasteiger partial charge >= 0.3 is 5.97 Å². The first kappa shape index (κ1) is 18.5. The van der Waals surface area contributed by atoms with Gasteiger partial charge in [-0.15, -0.1) is 0 Å². The Balaban J connectivity index is 1.72. The Hall–Kier alpha value is -2.25. The van der Waals surface area contributed by atoms with E-state index in [1.165, 1.54) is 19.2 Å². The lowest BCUT2D eigenvalue weighted by atomic mass is 10.1. The highest BCUT2D eigenvalue weighted by molar-refractivity contribution is 7.92. The highest BCUT2D eigenvalue weighted by Gasteiger charge is 2.34. The van der Waals surface area contributed by atoms with E-state index in [0.29, 0.717) is 25.9 Å². The number of methoxy groups -OCH3 is 1. The topological polar surface area (TPSA) is 76.6 Å². The van der Waals surface area contributed by atoms with Crippen LogP contribution in [0.5, 0.6) is 0 Å². The lowest BCUT2D eigenvalue weighted by molar-refractivity contribution is 0.0596. The fourth-order valence-electron chi connectivity index (χ4n) is 3.30. The molecule has 1 aromatic heterocycles. The van der Waals surface area contributed by atoms with Gasteiger partial charge in [0.15, 0.2) is 9.84 Å². The van der Waals surface area contributed by atoms with Crippen molar-refractivity contribution in [1.82, 2.24) is 9.88 Å². The predicted octanol–water partition coefficient (Wildman–Crippen LogP) is 2.31. The molecular formula is C19H22N2O4S. The van der Waals surface area contributed by atoms with Gasteiger partial charge in [0, 0.05) is 18.9 Å². The van der Waals surface area contributed by atoms with Crippen molar-refractivity contribution >= 4 is 15.8 Å². The molecule has 0 unspecified atom stereocenters. The number of ether oxygens (including phenoxy) is 1. The molecule has 2 aromatic rings. The Bertz CT molecular complexity index is 860. The smallest absolute Gasteiger partial charge is 0.339 e. The van der Waals surface area contributed by atoms with Gasteiger partial charge in [-0.05, 0) is 49.7 Å². The number of sulfone groups is 1. The van der Waals surface area contributed by atoms with E-state index in [9.17, 15) is 13.2 Å². The summed E-state index contributed by atoms with van der Waals surface area (Å²) < 4.78 is 30.8. The average Bonchev–Trinajstić information content (AvgIpc) is 2.68. The van der Waals surface area contributed by atoms with Crippen molar-refractivity contribution in [2.24, 2.45) is 0 Å². The average molecular weight is 374 g/mol. The third-order valence-electron chi connectivity index (χ3n) is 4.70. The van der Waals surface area contributed by atoms with Crippen LogP contribution in [0.25, 0.3) is 0 Å². The molecule has 1 aliphatic rings. The molecule has 6 nitrogen and oxygen atoms in total. The molecule has 0 bridgehead atoms. The molecular weight excluding hydrogens is 352 g/mol. The van der Waals surface area contributed by atoms with Crippen LogP contribution in [0.4, 0.5) is 0 Å². The van der Waals surface area contributed by atoms with E-state index in [1.807, 2.05) is 18.3 Å². The number of carbonyl (C=O) groups is 1. The fourth-order valence-corrected chi connectivity index (χ4v) is 5.22. The van der Waals surface area contributed by atoms with Crippen molar-refractivity contribution in [3.63, 3.8) is 0 Å². The molecule has 3 rings (SSSR count). The van der Waals surface area contributed by atoms with Crippen LogP contribution in [-0.4, -0.2) is 49.7 Å². The number of rotatable bonds is 5. The number of nitrogens with zero attached hydrogens (tertiary/aromatic N) is 2. The first-order chi connectivity index (χ1) is 12.5. The van der Waals surface area contributed by atoms with Gasteiger partial charge in [-0.3, -0.25) is 9.88 Å². The molecule has 138 valence electrons. The first-order valence-corrected chi connectivity index (χ1v) is 10.1. The maximum atomic E-state index is 13.1. The van der Waals surface area contributed by atoms with Crippen LogP contribution in [-0.2, 0) is 21.1 Å². The minimum atomic E-state index is -3.58. The Morgan fingerprint density at radius 1 is 1.19 bits per heavy atom. The minimum absolute atomic E-state index is 0.0672. The van der Waals surface area contributed by atoms with Gasteiger partial charge in [0.1, 0.15) is 0 Å². The van der Waals surface area contributed by atoms with Crippen molar-refractivity contribution < 1.29 is 17.9 Å². The molecule has 0 atom stereocenters. The summed E-state index contributed by atoms with van der Waals surface area (Å²) in [5.41, 5.74) is 1.22. The number of esters is 1. The van der Waals surface area contributed by atoms with Gasteiger partial charge in [-0.1, -0.05) is 18.2 Å². The monoisotopic (exact) mass is 374 g/mol.